The first-order valence-electron chi connectivity index (χ1n) is 37.5. The van der Waals surface area contributed by atoms with Crippen molar-refractivity contribution < 1.29 is 18.9 Å². The Hall–Kier alpha value is -14.6. The Bertz CT molecular complexity index is 5600. The van der Waals surface area contributed by atoms with Gasteiger partial charge in [0, 0.05) is 43.8 Å². The lowest BCUT2D eigenvalue weighted by molar-refractivity contribution is 0.275. The third-order valence-electron chi connectivity index (χ3n) is 19.3. The van der Waals surface area contributed by atoms with Crippen molar-refractivity contribution in [1.29, 1.82) is 0 Å². The Morgan fingerprint density at radius 3 is 0.712 bits per heavy atom. The topological polar surface area (TPSA) is 257 Å². The van der Waals surface area contributed by atoms with Crippen LogP contribution in [0.5, 0.6) is 23.0 Å². The quantitative estimate of drug-likeness (QED) is 0.0226. The molecule has 8 heterocycles. The molecule has 0 radical (unpaired) electrons. The van der Waals surface area contributed by atoms with Crippen LogP contribution in [0.25, 0.3) is 67.8 Å². The number of ether oxygens (including phenoxy) is 4. The van der Waals surface area contributed by atoms with Gasteiger partial charge in [0.15, 0.2) is 0 Å². The Balaban J connectivity index is 0.597. The second kappa shape index (κ2) is 35.9. The summed E-state index contributed by atoms with van der Waals surface area (Å²) in [6.45, 7) is 8.95. The molecule has 0 aliphatic rings. The summed E-state index contributed by atoms with van der Waals surface area (Å²) in [6.07, 6.45) is 14.4. The molecule has 0 amide bonds. The molecule has 0 atom stereocenters. The lowest BCUT2D eigenvalue weighted by atomic mass is 9.99. The van der Waals surface area contributed by atoms with Gasteiger partial charge in [-0.15, -0.1) is 45.3 Å². The first kappa shape index (κ1) is 76.1. The van der Waals surface area contributed by atoms with Gasteiger partial charge in [0.05, 0.1) is 118 Å². The fourth-order valence-corrected chi connectivity index (χ4v) is 15.6. The van der Waals surface area contributed by atoms with Gasteiger partial charge in [0.1, 0.15) is 49.4 Å². The highest BCUT2D eigenvalue weighted by molar-refractivity contribution is 7.15. The second-order valence-electron chi connectivity index (χ2n) is 27.0. The van der Waals surface area contributed by atoms with Crippen molar-refractivity contribution in [2.24, 2.45) is 20.4 Å². The molecule has 0 unspecified atom stereocenters. The number of hydrogen-bond acceptors (Lipinski definition) is 24. The number of hydrogen-bond donors (Lipinski definition) is 4. The predicted molar refractivity (Wildman–Crippen MR) is 472 cm³/mol. The summed E-state index contributed by atoms with van der Waals surface area (Å²) in [5.41, 5.74) is 34.4. The molecule has 0 aliphatic carbocycles. The van der Waals surface area contributed by atoms with Crippen LogP contribution in [0.15, 0.2) is 297 Å². The van der Waals surface area contributed by atoms with E-state index in [1.54, 1.807) is 24.9 Å². The first-order valence-corrected chi connectivity index (χ1v) is 41.0. The van der Waals surface area contributed by atoms with E-state index in [0.29, 0.717) is 43.5 Å². The van der Waals surface area contributed by atoms with E-state index >= 15 is 0 Å². The Morgan fingerprint density at radius 2 is 0.500 bits per heavy atom. The molecule has 28 heteroatoms. The van der Waals surface area contributed by atoms with Crippen molar-refractivity contribution in [3.8, 4) is 90.8 Å². The number of thiazole rings is 4. The summed E-state index contributed by atoms with van der Waals surface area (Å²) in [6, 6.07) is 75.5. The molecular weight excluding hydrogens is 1550 g/mol. The molecular formula is C90H74N20O4S4. The van der Waals surface area contributed by atoms with Gasteiger partial charge in [-0.05, 0) is 230 Å². The number of benzene rings is 9. The van der Waals surface area contributed by atoms with Crippen molar-refractivity contribution in [3.05, 3.63) is 344 Å². The normalized spacial score (nSPS) is 11.6. The molecule has 0 saturated carbocycles. The third-order valence-corrected chi connectivity index (χ3v) is 22.3. The Kier molecular flexibility index (Phi) is 23.1. The van der Waals surface area contributed by atoms with E-state index in [2.05, 4.69) is 74.6 Å². The van der Waals surface area contributed by atoms with Crippen LogP contribution < -0.4 is 40.7 Å². The monoisotopic (exact) mass is 1630 g/mol. The standard InChI is InChI=1S/C90H74N20O4S4/c1-59-79(47-95-107(59)71-17-9-5-10-18-71)83-55-115-87(99-83)103-91-43-63-25-33-75(34-26-63)111-51-67-41-69(53-113-77-37-29-65(30-38-77)45-93-105-89-101-85(57-117-89)81-49-97-109(61(81)3)73-21-13-7-14-22-73)70(54-114-78-39-31-66(32-40-78)46-94-106-90-102-86(58-118-90)82-50-98-110(62(82)4)74-23-15-8-16-24-74)42-68(67)52-112-76-35-27-64(28-36-76)44-92-104-88-100-84(56-116-88)80-48-96-108(60(80)2)72-19-11-6-12-20-72/h5-50,55-58H,51-54H2,1-4H3,(H,99,103)(H,100,104)(H,101,105)(H,102,106)/b91-43+,92-44+,93-45+,94-46+. The largest absolute Gasteiger partial charge is 0.489 e. The van der Waals surface area contributed by atoms with E-state index in [0.717, 1.165) is 135 Å². The van der Waals surface area contributed by atoms with Crippen LogP contribution in [-0.2, 0) is 26.4 Å². The molecule has 0 aliphatic heterocycles. The molecule has 0 fully saturated rings. The molecule has 4 N–H and O–H groups in total. The highest BCUT2D eigenvalue weighted by Gasteiger charge is 2.20. The lowest BCUT2D eigenvalue weighted by Crippen LogP contribution is -2.11. The average molecular weight is 1630 g/mol. The fraction of sp³-hybridized carbons (Fsp3) is 0.0889. The van der Waals surface area contributed by atoms with Crippen molar-refractivity contribution in [2.75, 3.05) is 21.7 Å². The fourth-order valence-electron chi connectivity index (χ4n) is 13.0. The van der Waals surface area contributed by atoms with Crippen LogP contribution in [0.1, 0.15) is 67.3 Å². The van der Waals surface area contributed by atoms with Crippen LogP contribution in [0, 0.1) is 27.7 Å². The highest BCUT2D eigenvalue weighted by atomic mass is 32.1. The van der Waals surface area contributed by atoms with Crippen molar-refractivity contribution in [2.45, 2.75) is 54.1 Å². The van der Waals surface area contributed by atoms with Crippen molar-refractivity contribution in [1.82, 2.24) is 59.1 Å². The van der Waals surface area contributed by atoms with Crippen molar-refractivity contribution >= 4 is 90.7 Å². The number of rotatable bonds is 32. The molecule has 0 saturated heterocycles. The number of nitrogens with one attached hydrogen (secondary N) is 4. The van der Waals surface area contributed by atoms with E-state index in [-0.39, 0.29) is 26.4 Å². The van der Waals surface area contributed by atoms with Crippen molar-refractivity contribution in [3.63, 3.8) is 0 Å². The van der Waals surface area contributed by atoms with Crippen LogP contribution in [0.4, 0.5) is 20.5 Å². The minimum Gasteiger partial charge on any atom is -0.489 e. The van der Waals surface area contributed by atoms with Gasteiger partial charge in [-0.2, -0.15) is 40.8 Å². The number of aromatic nitrogens is 12. The van der Waals surface area contributed by atoms with Gasteiger partial charge in [-0.25, -0.2) is 38.7 Å². The number of hydrazone groups is 4. The van der Waals surface area contributed by atoms with Gasteiger partial charge >= 0.3 is 0 Å². The van der Waals surface area contributed by atoms with Crippen LogP contribution in [-0.4, -0.2) is 83.9 Å². The van der Waals surface area contributed by atoms with Gasteiger partial charge < -0.3 is 18.9 Å². The average Bonchev–Trinajstić information content (AvgIpc) is 1.27. The summed E-state index contributed by atoms with van der Waals surface area (Å²) in [5, 5.41) is 47.3. The summed E-state index contributed by atoms with van der Waals surface area (Å²) in [7, 11) is 0. The lowest BCUT2D eigenvalue weighted by Gasteiger charge is -2.19. The zero-order valence-corrected chi connectivity index (χ0v) is 67.4. The third kappa shape index (κ3) is 18.1. The Labute approximate surface area is 695 Å². The predicted octanol–water partition coefficient (Wildman–Crippen LogP) is 20.3. The van der Waals surface area contributed by atoms with Gasteiger partial charge in [0.25, 0.3) is 0 Å². The summed E-state index contributed by atoms with van der Waals surface area (Å²) < 4.78 is 34.3. The smallest absolute Gasteiger partial charge is 0.203 e. The molecule has 9 aromatic carbocycles. The van der Waals surface area contributed by atoms with Crippen LogP contribution in [0.3, 0.4) is 0 Å². The van der Waals surface area contributed by atoms with E-state index < -0.39 is 0 Å². The SMILES string of the molecule is Cc1c(-c2csc(N/N=C/c3ccc(OCc4cc(COc5ccc(/C=N/Nc6nc(-c7cnn(-c8ccccc8)c7C)cs6)cc5)c(COc5ccc(/C=N/Nc6nc(-c7cnn(-c8ccccc8)c7C)cs6)cc5)cc4COc4ccc(/C=N/Nc5nc(-c6cnn(-c7ccccc7)c6C)cs5)cc4)cc3)n2)cnn1-c1ccccc1. The summed E-state index contributed by atoms with van der Waals surface area (Å²) >= 11 is 5.88. The van der Waals surface area contributed by atoms with Crippen LogP contribution in [0.2, 0.25) is 0 Å². The minimum absolute atomic E-state index is 0.197. The summed E-state index contributed by atoms with van der Waals surface area (Å²) in [5.74, 6) is 2.63. The number of nitrogens with zero attached hydrogens (tertiary/aromatic N) is 16. The van der Waals surface area contributed by atoms with E-state index in [1.165, 1.54) is 45.3 Å². The van der Waals surface area contributed by atoms with E-state index in [9.17, 15) is 0 Å². The molecule has 0 spiro atoms. The Morgan fingerprint density at radius 1 is 0.288 bits per heavy atom. The van der Waals surface area contributed by atoms with E-state index in [4.69, 9.17) is 38.9 Å². The maximum absolute atomic E-state index is 6.66. The number of anilines is 4. The number of para-hydroxylation sites is 4. The summed E-state index contributed by atoms with van der Waals surface area (Å²) in [4.78, 5) is 19.3. The van der Waals surface area contributed by atoms with Gasteiger partial charge in [-0.3, -0.25) is 21.7 Å². The highest BCUT2D eigenvalue weighted by Crippen LogP contribution is 2.35. The first-order chi connectivity index (χ1) is 58.1. The maximum atomic E-state index is 6.66. The molecule has 17 aromatic rings. The molecule has 0 bridgehead atoms. The second-order valence-corrected chi connectivity index (χ2v) is 30.4. The van der Waals surface area contributed by atoms with Gasteiger partial charge in [0.2, 0.25) is 20.5 Å². The molecule has 118 heavy (non-hydrogen) atoms. The molecule has 8 aromatic heterocycles. The van der Waals surface area contributed by atoms with E-state index in [1.807, 2.05) is 311 Å². The zero-order valence-electron chi connectivity index (χ0n) is 64.1. The van der Waals surface area contributed by atoms with Crippen LogP contribution >= 0.6 is 45.3 Å². The molecule has 24 nitrogen and oxygen atoms in total. The zero-order chi connectivity index (χ0) is 79.9. The maximum Gasteiger partial charge on any atom is 0.203 e. The van der Waals surface area contributed by atoms with Gasteiger partial charge in [-0.1, -0.05) is 72.8 Å². The molecule has 582 valence electrons. The minimum atomic E-state index is 0.197. The molecule has 17 rings (SSSR count).